The van der Waals surface area contributed by atoms with E-state index in [4.69, 9.17) is 17.0 Å². The van der Waals surface area contributed by atoms with Gasteiger partial charge in [0.15, 0.2) is 3.95 Å². The van der Waals surface area contributed by atoms with Crippen LogP contribution in [0.5, 0.6) is 5.88 Å². The monoisotopic (exact) mass is 396 g/mol. The van der Waals surface area contributed by atoms with Gasteiger partial charge in [0.2, 0.25) is 11.8 Å². The number of esters is 1. The molecule has 0 unspecified atom stereocenters. The van der Waals surface area contributed by atoms with Crippen LogP contribution in [0.15, 0.2) is 60.7 Å². The molecular formula is C20H16N2O3S2. The minimum Gasteiger partial charge on any atom is -0.406 e. The number of nitrogens with one attached hydrogen (secondary N) is 1. The minimum atomic E-state index is -0.797. The number of carbonyl (C=O) groups excluding carboxylic acids is 2. The van der Waals surface area contributed by atoms with Crippen molar-refractivity contribution in [1.82, 2.24) is 9.88 Å². The van der Waals surface area contributed by atoms with Crippen LogP contribution in [0, 0.1) is 3.95 Å². The Labute approximate surface area is 165 Å². The SMILES string of the molecule is CC(=O)N[C@H]1C(=O)Oc2c(sc(=S)n2-c2ccccc2)[C@H]1c1ccccc1. The molecule has 2 atom stereocenters. The van der Waals surface area contributed by atoms with E-state index in [2.05, 4.69) is 5.32 Å². The third-order valence-corrected chi connectivity index (χ3v) is 5.83. The predicted molar refractivity (Wildman–Crippen MR) is 106 cm³/mol. The number of benzene rings is 2. The Hall–Kier alpha value is -2.77. The molecule has 2 heterocycles. The maximum Gasteiger partial charge on any atom is 0.336 e. The summed E-state index contributed by atoms with van der Waals surface area (Å²) in [5.41, 5.74) is 1.75. The highest BCUT2D eigenvalue weighted by atomic mass is 32.1. The van der Waals surface area contributed by atoms with Crippen molar-refractivity contribution in [2.45, 2.75) is 18.9 Å². The van der Waals surface area contributed by atoms with Crippen LogP contribution in [0.3, 0.4) is 0 Å². The average molecular weight is 396 g/mol. The first-order valence-corrected chi connectivity index (χ1v) is 9.63. The van der Waals surface area contributed by atoms with Crippen molar-refractivity contribution >= 4 is 35.4 Å². The lowest BCUT2D eigenvalue weighted by Gasteiger charge is -2.30. The van der Waals surface area contributed by atoms with E-state index < -0.39 is 12.0 Å². The highest BCUT2D eigenvalue weighted by molar-refractivity contribution is 7.73. The second-order valence-electron chi connectivity index (χ2n) is 6.20. The van der Waals surface area contributed by atoms with Gasteiger partial charge in [-0.25, -0.2) is 4.79 Å². The maximum absolute atomic E-state index is 12.8. The van der Waals surface area contributed by atoms with Crippen molar-refractivity contribution in [2.24, 2.45) is 0 Å². The number of thiazole rings is 1. The van der Waals surface area contributed by atoms with E-state index in [1.54, 1.807) is 4.57 Å². The third kappa shape index (κ3) is 3.20. The zero-order valence-electron chi connectivity index (χ0n) is 14.4. The van der Waals surface area contributed by atoms with Gasteiger partial charge in [-0.05, 0) is 29.9 Å². The molecule has 5 nitrogen and oxygen atoms in total. The van der Waals surface area contributed by atoms with Crippen molar-refractivity contribution in [1.29, 1.82) is 0 Å². The molecular weight excluding hydrogens is 380 g/mol. The van der Waals surface area contributed by atoms with E-state index in [1.165, 1.54) is 18.3 Å². The summed E-state index contributed by atoms with van der Waals surface area (Å²) in [6, 6.07) is 18.4. The van der Waals surface area contributed by atoms with Gasteiger partial charge in [-0.15, -0.1) is 11.3 Å². The minimum absolute atomic E-state index is 0.285. The second kappa shape index (κ2) is 7.09. The molecule has 1 aliphatic heterocycles. The number of ether oxygens (including phenoxy) is 1. The summed E-state index contributed by atoms with van der Waals surface area (Å²) in [6.45, 7) is 1.39. The molecule has 2 aromatic carbocycles. The van der Waals surface area contributed by atoms with Gasteiger partial charge >= 0.3 is 5.97 Å². The molecule has 7 heteroatoms. The highest BCUT2D eigenvalue weighted by Crippen LogP contribution is 2.44. The highest BCUT2D eigenvalue weighted by Gasteiger charge is 2.42. The van der Waals surface area contributed by atoms with Gasteiger partial charge < -0.3 is 10.1 Å². The second-order valence-corrected chi connectivity index (χ2v) is 7.87. The van der Waals surface area contributed by atoms with Crippen LogP contribution in [0.25, 0.3) is 5.69 Å². The van der Waals surface area contributed by atoms with E-state index >= 15 is 0 Å². The summed E-state index contributed by atoms with van der Waals surface area (Å²) >= 11 is 6.97. The van der Waals surface area contributed by atoms with Gasteiger partial charge in [0.25, 0.3) is 0 Å². The molecule has 27 heavy (non-hydrogen) atoms. The molecule has 0 saturated heterocycles. The Bertz CT molecular complexity index is 1060. The van der Waals surface area contributed by atoms with Gasteiger partial charge in [-0.1, -0.05) is 48.5 Å². The standard InChI is InChI=1S/C20H16N2O3S2/c1-12(23)21-16-15(13-8-4-2-5-9-13)17-18(25-19(16)24)22(20(26)27-17)14-10-6-3-7-11-14/h2-11,15-16H,1H3,(H,21,23)/t15-,16+/m0/s1. The third-order valence-electron chi connectivity index (χ3n) is 4.39. The van der Waals surface area contributed by atoms with Crippen molar-refractivity contribution < 1.29 is 14.3 Å². The smallest absolute Gasteiger partial charge is 0.336 e. The first-order chi connectivity index (χ1) is 13.1. The van der Waals surface area contributed by atoms with E-state index in [0.717, 1.165) is 16.1 Å². The fraction of sp³-hybridized carbons (Fsp3) is 0.150. The predicted octanol–water partition coefficient (Wildman–Crippen LogP) is 3.82. The van der Waals surface area contributed by atoms with Crippen molar-refractivity contribution in [3.8, 4) is 11.6 Å². The van der Waals surface area contributed by atoms with Crippen LogP contribution in [0.4, 0.5) is 0 Å². The van der Waals surface area contributed by atoms with E-state index in [-0.39, 0.29) is 11.8 Å². The number of fused-ring (bicyclic) bond motifs is 1. The van der Waals surface area contributed by atoms with Crippen LogP contribution >= 0.6 is 23.6 Å². The number of hydrogen-bond donors (Lipinski definition) is 1. The Morgan fingerprint density at radius 2 is 1.74 bits per heavy atom. The number of rotatable bonds is 3. The maximum atomic E-state index is 12.8. The van der Waals surface area contributed by atoms with Crippen molar-refractivity contribution in [3.63, 3.8) is 0 Å². The van der Waals surface area contributed by atoms with Crippen molar-refractivity contribution in [3.05, 3.63) is 75.1 Å². The largest absolute Gasteiger partial charge is 0.406 e. The van der Waals surface area contributed by atoms with Crippen molar-refractivity contribution in [2.75, 3.05) is 0 Å². The molecule has 1 amide bonds. The Balaban J connectivity index is 1.92. The van der Waals surface area contributed by atoms with Crippen LogP contribution in [-0.2, 0) is 9.59 Å². The summed E-state index contributed by atoms with van der Waals surface area (Å²) < 4.78 is 8.01. The topological polar surface area (TPSA) is 60.3 Å². The molecule has 0 bridgehead atoms. The molecule has 4 rings (SSSR count). The summed E-state index contributed by atoms with van der Waals surface area (Å²) in [6.07, 6.45) is 0. The zero-order chi connectivity index (χ0) is 19.0. The van der Waals surface area contributed by atoms with Gasteiger partial charge in [-0.2, -0.15) is 0 Å². The molecule has 0 radical (unpaired) electrons. The molecule has 1 aliphatic rings. The van der Waals surface area contributed by atoms with Gasteiger partial charge in [0.05, 0.1) is 16.5 Å². The number of para-hydroxylation sites is 1. The summed E-state index contributed by atoms with van der Waals surface area (Å²) in [7, 11) is 0. The lowest BCUT2D eigenvalue weighted by Crippen LogP contribution is -2.48. The molecule has 0 saturated carbocycles. The first kappa shape index (κ1) is 17.6. The van der Waals surface area contributed by atoms with Gasteiger partial charge in [-0.3, -0.25) is 9.36 Å². The van der Waals surface area contributed by atoms with Gasteiger partial charge in [0.1, 0.15) is 6.04 Å². The van der Waals surface area contributed by atoms with Crippen LogP contribution in [0.1, 0.15) is 23.3 Å². The Kier molecular flexibility index (Phi) is 4.63. The van der Waals surface area contributed by atoms with Gasteiger partial charge in [0, 0.05) is 6.92 Å². The summed E-state index contributed by atoms with van der Waals surface area (Å²) in [4.78, 5) is 25.3. The number of hydrogen-bond acceptors (Lipinski definition) is 5. The average Bonchev–Trinajstić information content (AvgIpc) is 2.98. The fourth-order valence-corrected chi connectivity index (χ4v) is 4.83. The Morgan fingerprint density at radius 3 is 2.37 bits per heavy atom. The molecule has 3 aromatic rings. The normalized spacial score (nSPS) is 18.5. The van der Waals surface area contributed by atoms with Crippen LogP contribution < -0.4 is 10.1 Å². The number of amides is 1. The summed E-state index contributed by atoms with van der Waals surface area (Å²) in [5.74, 6) is -0.712. The molecule has 0 aliphatic carbocycles. The van der Waals surface area contributed by atoms with E-state index in [9.17, 15) is 9.59 Å². The fourth-order valence-electron chi connectivity index (χ4n) is 3.28. The number of carbonyl (C=O) groups is 2. The number of nitrogens with zero attached hydrogens (tertiary/aromatic N) is 1. The molecule has 0 fully saturated rings. The molecule has 1 aromatic heterocycles. The lowest BCUT2D eigenvalue weighted by molar-refractivity contribution is -0.140. The van der Waals surface area contributed by atoms with E-state index in [0.29, 0.717) is 9.83 Å². The molecule has 0 spiro atoms. The molecule has 1 N–H and O–H groups in total. The first-order valence-electron chi connectivity index (χ1n) is 8.41. The number of aromatic nitrogens is 1. The Morgan fingerprint density at radius 1 is 1.11 bits per heavy atom. The molecule has 136 valence electrons. The summed E-state index contributed by atoms with van der Waals surface area (Å²) in [5, 5.41) is 2.74. The lowest BCUT2D eigenvalue weighted by atomic mass is 9.88. The zero-order valence-corrected chi connectivity index (χ0v) is 16.0. The quantitative estimate of drug-likeness (QED) is 0.540. The van der Waals surface area contributed by atoms with E-state index in [1.807, 2.05) is 60.7 Å². The van der Waals surface area contributed by atoms with Crippen LogP contribution in [0.2, 0.25) is 0 Å². The van der Waals surface area contributed by atoms with Crippen LogP contribution in [-0.4, -0.2) is 22.5 Å².